The predicted octanol–water partition coefficient (Wildman–Crippen LogP) is 1.74. The average molecular weight is 194 g/mol. The molecular formula is C7H14CrOSi. The Hall–Kier alpha value is 0.319. The molecule has 0 saturated heterocycles. The molecule has 0 amide bonds. The van der Waals surface area contributed by atoms with Crippen molar-refractivity contribution in [3.8, 4) is 0 Å². The molecule has 0 N–H and O–H groups in total. The molecule has 0 fully saturated rings. The van der Waals surface area contributed by atoms with Crippen LogP contribution in [0.1, 0.15) is 0 Å². The van der Waals surface area contributed by atoms with Crippen LogP contribution in [0.15, 0.2) is 11.8 Å². The summed E-state index contributed by atoms with van der Waals surface area (Å²) in [6, 6.07) is 0. The quantitative estimate of drug-likeness (QED) is 0.622. The second-order valence-electron chi connectivity index (χ2n) is 3.22. The number of methoxy groups -OCH3 is 1. The van der Waals surface area contributed by atoms with E-state index in [9.17, 15) is 0 Å². The Morgan fingerprint density at radius 1 is 1.40 bits per heavy atom. The van der Waals surface area contributed by atoms with Gasteiger partial charge < -0.3 is 0 Å². The molecule has 58 valence electrons. The summed E-state index contributed by atoms with van der Waals surface area (Å²) in [6.45, 7) is 6.85. The van der Waals surface area contributed by atoms with E-state index in [-0.39, 0.29) is 0 Å². The van der Waals surface area contributed by atoms with E-state index in [0.29, 0.717) is 0 Å². The van der Waals surface area contributed by atoms with Crippen molar-refractivity contribution in [2.45, 2.75) is 19.6 Å². The Labute approximate surface area is 72.1 Å². The van der Waals surface area contributed by atoms with Gasteiger partial charge in [0.2, 0.25) is 0 Å². The first-order chi connectivity index (χ1) is 4.45. The molecule has 0 aliphatic carbocycles. The molecule has 0 saturated carbocycles. The summed E-state index contributed by atoms with van der Waals surface area (Å²) >= 11 is 2.83. The van der Waals surface area contributed by atoms with Gasteiger partial charge in [-0.3, -0.25) is 0 Å². The molecule has 0 aliphatic rings. The van der Waals surface area contributed by atoms with Crippen LogP contribution in [0.25, 0.3) is 0 Å². The Morgan fingerprint density at radius 2 is 1.90 bits per heavy atom. The van der Waals surface area contributed by atoms with Crippen molar-refractivity contribution in [1.82, 2.24) is 0 Å². The molecule has 0 radical (unpaired) electrons. The third-order valence-corrected chi connectivity index (χ3v) is 2.56. The fraction of sp³-hybridized carbons (Fsp3) is 0.571. The van der Waals surface area contributed by atoms with Gasteiger partial charge in [-0.25, -0.2) is 0 Å². The zero-order valence-corrected chi connectivity index (χ0v) is 9.25. The van der Waals surface area contributed by atoms with Crippen LogP contribution >= 0.6 is 0 Å². The number of rotatable bonds is 3. The van der Waals surface area contributed by atoms with Crippen LogP contribution in [0.4, 0.5) is 0 Å². The fourth-order valence-corrected chi connectivity index (χ4v) is 1.34. The van der Waals surface area contributed by atoms with Gasteiger partial charge in [0, 0.05) is 0 Å². The first-order valence-corrected chi connectivity index (χ1v) is 7.44. The molecule has 0 aromatic rings. The van der Waals surface area contributed by atoms with Crippen LogP contribution in [0, 0.1) is 0 Å². The monoisotopic (exact) mass is 194 g/mol. The maximum atomic E-state index is 4.94. The molecule has 0 bridgehead atoms. The Kier molecular flexibility index (Phi) is 4.39. The van der Waals surface area contributed by atoms with E-state index in [2.05, 4.69) is 41.2 Å². The second kappa shape index (κ2) is 4.25. The Balaban J connectivity index is 3.88. The van der Waals surface area contributed by atoms with E-state index < -0.39 is 8.07 Å². The van der Waals surface area contributed by atoms with E-state index in [0.717, 1.165) is 4.57 Å². The molecule has 0 unspecified atom stereocenters. The molecule has 0 aromatic heterocycles. The minimum absolute atomic E-state index is 0.863. The summed E-state index contributed by atoms with van der Waals surface area (Å²) in [4.78, 5) is 0. The van der Waals surface area contributed by atoms with Gasteiger partial charge in [0.25, 0.3) is 0 Å². The van der Waals surface area contributed by atoms with E-state index in [1.807, 2.05) is 6.08 Å². The third kappa shape index (κ3) is 6.44. The van der Waals surface area contributed by atoms with Crippen molar-refractivity contribution < 1.29 is 20.6 Å². The van der Waals surface area contributed by atoms with Crippen molar-refractivity contribution in [2.75, 3.05) is 7.11 Å². The normalized spacial score (nSPS) is 12.4. The summed E-state index contributed by atoms with van der Waals surface area (Å²) in [5.74, 6) is 0. The third-order valence-electron chi connectivity index (χ3n) is 0.921. The second-order valence-corrected chi connectivity index (χ2v) is 8.92. The van der Waals surface area contributed by atoms with Gasteiger partial charge in [-0.2, -0.15) is 0 Å². The van der Waals surface area contributed by atoms with Crippen molar-refractivity contribution in [2.24, 2.45) is 0 Å². The van der Waals surface area contributed by atoms with Crippen molar-refractivity contribution in [3.05, 3.63) is 11.8 Å². The Morgan fingerprint density at radius 3 is 2.20 bits per heavy atom. The number of hydrogen-bond donors (Lipinski definition) is 0. The first kappa shape index (κ1) is 10.3. The summed E-state index contributed by atoms with van der Waals surface area (Å²) in [5, 5.41) is 0. The zero-order chi connectivity index (χ0) is 8.20. The summed E-state index contributed by atoms with van der Waals surface area (Å²) in [7, 11) is 0.629. The molecular weight excluding hydrogens is 180 g/mol. The maximum absolute atomic E-state index is 4.94. The molecule has 0 aliphatic heterocycles. The van der Waals surface area contributed by atoms with Gasteiger partial charge in [-0.05, 0) is 0 Å². The van der Waals surface area contributed by atoms with Crippen LogP contribution in [0.2, 0.25) is 19.6 Å². The topological polar surface area (TPSA) is 9.23 Å². The summed E-state index contributed by atoms with van der Waals surface area (Å²) in [6.07, 6.45) is 2.01. The van der Waals surface area contributed by atoms with Crippen molar-refractivity contribution in [3.63, 3.8) is 0 Å². The van der Waals surface area contributed by atoms with E-state index in [1.54, 1.807) is 7.11 Å². The van der Waals surface area contributed by atoms with Crippen LogP contribution in [-0.4, -0.2) is 19.7 Å². The van der Waals surface area contributed by atoms with Gasteiger partial charge >= 0.3 is 71.8 Å². The molecule has 0 spiro atoms. The molecule has 3 heteroatoms. The number of ether oxygens (including phenoxy) is 1. The van der Waals surface area contributed by atoms with E-state index in [4.69, 9.17) is 4.74 Å². The van der Waals surface area contributed by atoms with E-state index in [1.165, 1.54) is 0 Å². The van der Waals surface area contributed by atoms with Crippen molar-refractivity contribution in [1.29, 1.82) is 0 Å². The SMILES string of the molecule is CO[C](=[Cr])/C=C/[Si](C)(C)C. The van der Waals surface area contributed by atoms with Gasteiger partial charge in [0.1, 0.15) is 0 Å². The average Bonchev–Trinajstić information content (AvgIpc) is 1.81. The molecule has 0 rings (SSSR count). The van der Waals surface area contributed by atoms with Crippen LogP contribution < -0.4 is 0 Å². The van der Waals surface area contributed by atoms with Crippen molar-refractivity contribution >= 4 is 12.6 Å². The molecule has 0 aromatic carbocycles. The minimum atomic E-state index is -1.04. The molecule has 0 heterocycles. The van der Waals surface area contributed by atoms with Crippen LogP contribution in [-0.2, 0) is 20.6 Å². The Bertz CT molecular complexity index is 146. The first-order valence-electron chi connectivity index (χ1n) is 3.23. The zero-order valence-electron chi connectivity index (χ0n) is 6.97. The van der Waals surface area contributed by atoms with Crippen LogP contribution in [0.3, 0.4) is 0 Å². The van der Waals surface area contributed by atoms with Gasteiger partial charge in [-0.1, -0.05) is 0 Å². The fourth-order valence-electron chi connectivity index (χ4n) is 0.386. The van der Waals surface area contributed by atoms with Crippen LogP contribution in [0.5, 0.6) is 0 Å². The standard InChI is InChI=1S/C7H14OSi.Cr/c1-8-6-5-7-9(2,3)4;/h5,7H,1-4H3;/b7-5+;. The molecule has 10 heavy (non-hydrogen) atoms. The number of hydrogen-bond acceptors (Lipinski definition) is 1. The molecule has 1 nitrogen and oxygen atoms in total. The summed E-state index contributed by atoms with van der Waals surface area (Å²) in [5.41, 5.74) is 2.24. The van der Waals surface area contributed by atoms with Gasteiger partial charge in [0.05, 0.1) is 0 Å². The van der Waals surface area contributed by atoms with E-state index >= 15 is 0 Å². The summed E-state index contributed by atoms with van der Waals surface area (Å²) < 4.78 is 5.81. The van der Waals surface area contributed by atoms with Gasteiger partial charge in [-0.15, -0.1) is 0 Å². The van der Waals surface area contributed by atoms with Gasteiger partial charge in [0.15, 0.2) is 0 Å². The molecule has 0 atom stereocenters. The predicted molar refractivity (Wildman–Crippen MR) is 44.5 cm³/mol.